The number of alkyl halides is 1. The van der Waals surface area contributed by atoms with E-state index in [0.29, 0.717) is 25.2 Å². The maximum Gasteiger partial charge on any atom is 0.305 e. The molecule has 188 valence electrons. The molecule has 6 nitrogen and oxygen atoms in total. The summed E-state index contributed by atoms with van der Waals surface area (Å²) in [6.45, 7) is 0.394. The highest BCUT2D eigenvalue weighted by atomic mass is 35.5. The molecular formula is C25H35ClO6P2. The Kier molecular flexibility index (Phi) is 12.6. The third-order valence-corrected chi connectivity index (χ3v) is 7.04. The molecule has 6 atom stereocenters. The van der Waals surface area contributed by atoms with Gasteiger partial charge in [0.25, 0.3) is 0 Å². The molecule has 2 rings (SSSR count). The van der Waals surface area contributed by atoms with Crippen LogP contribution in [-0.4, -0.2) is 38.7 Å². The summed E-state index contributed by atoms with van der Waals surface area (Å²) in [5, 5.41) is -0.100. The molecule has 9 heteroatoms. The maximum absolute atomic E-state index is 12.7. The van der Waals surface area contributed by atoms with Crippen LogP contribution in [0.25, 0.3) is 0 Å². The van der Waals surface area contributed by atoms with Crippen LogP contribution in [0.3, 0.4) is 0 Å². The fraction of sp³-hybridized carbons (Fsp3) is 0.520. The summed E-state index contributed by atoms with van der Waals surface area (Å²) < 4.78 is 28.3. The molecule has 0 aromatic heterocycles. The lowest BCUT2D eigenvalue weighted by molar-refractivity contribution is -0.140. The van der Waals surface area contributed by atoms with E-state index in [4.69, 9.17) is 26.7 Å². The van der Waals surface area contributed by atoms with Crippen LogP contribution in [0.4, 0.5) is 0 Å². The normalized spacial score (nSPS) is 23.2. The van der Waals surface area contributed by atoms with E-state index < -0.39 is 0 Å². The number of allylic oxidation sites excluding steroid dienone is 3. The van der Waals surface area contributed by atoms with Crippen LogP contribution in [0.1, 0.15) is 43.2 Å². The summed E-state index contributed by atoms with van der Waals surface area (Å²) in [6.07, 6.45) is 11.0. The molecule has 1 saturated carbocycles. The second kappa shape index (κ2) is 15.7. The summed E-state index contributed by atoms with van der Waals surface area (Å²) in [5.74, 6) is 0.529. The van der Waals surface area contributed by atoms with E-state index in [1.54, 1.807) is 13.2 Å². The molecule has 0 bridgehead atoms. The second-order valence-corrected chi connectivity index (χ2v) is 9.35. The van der Waals surface area contributed by atoms with Crippen molar-refractivity contribution in [1.82, 2.24) is 0 Å². The van der Waals surface area contributed by atoms with Crippen LogP contribution in [0.2, 0.25) is 0 Å². The number of methoxy groups -OCH3 is 2. The molecule has 0 amide bonds. The monoisotopic (exact) mass is 530 g/mol. The molecule has 1 aromatic carbocycles. The van der Waals surface area contributed by atoms with E-state index in [-0.39, 0.29) is 50.9 Å². The molecule has 1 aliphatic rings. The first kappa shape index (κ1) is 27.3. The van der Waals surface area contributed by atoms with Crippen molar-refractivity contribution in [2.24, 2.45) is 11.8 Å². The van der Waals surface area contributed by atoms with Crippen LogP contribution in [0, 0.1) is 11.8 Å². The molecule has 1 aliphatic carbocycles. The van der Waals surface area contributed by atoms with Gasteiger partial charge in [-0.25, -0.2) is 0 Å². The van der Waals surface area contributed by atoms with Gasteiger partial charge >= 0.3 is 5.97 Å². The number of ether oxygens (including phenoxy) is 2. The maximum atomic E-state index is 12.7. The molecule has 0 spiro atoms. The molecule has 0 saturated heterocycles. The van der Waals surface area contributed by atoms with Crippen molar-refractivity contribution in [2.45, 2.75) is 56.6 Å². The van der Waals surface area contributed by atoms with Gasteiger partial charge in [0, 0.05) is 46.2 Å². The van der Waals surface area contributed by atoms with Gasteiger partial charge in [-0.3, -0.25) is 9.59 Å². The predicted octanol–water partition coefficient (Wildman–Crippen LogP) is 5.38. The number of carbonyl (C=O) groups excluding carboxylic acids is 2. The summed E-state index contributed by atoms with van der Waals surface area (Å²) in [5.41, 5.74) is 1.76. The Morgan fingerprint density at radius 1 is 1.29 bits per heavy atom. The Morgan fingerprint density at radius 3 is 2.82 bits per heavy atom. The van der Waals surface area contributed by atoms with Gasteiger partial charge in [0.1, 0.15) is 5.75 Å². The molecule has 0 heterocycles. The number of hydrogen-bond acceptors (Lipinski definition) is 6. The Hall–Kier alpha value is -1.29. The SMILES string of the molecule is [3H]PO[C@@H]1C[C@@H](Cl)[C@H](C/C=C\CCCC(=O)OC)[C@H]1/C=C/C(=O)Cc1ccc(OP)c(COC)c1. The van der Waals surface area contributed by atoms with Gasteiger partial charge in [0.2, 0.25) is 0 Å². The molecule has 34 heavy (non-hydrogen) atoms. The molecular weight excluding hydrogens is 494 g/mol. The lowest BCUT2D eigenvalue weighted by Crippen LogP contribution is -2.19. The van der Waals surface area contributed by atoms with E-state index >= 15 is 0 Å². The van der Waals surface area contributed by atoms with Crippen molar-refractivity contribution in [3.63, 3.8) is 0 Å². The van der Waals surface area contributed by atoms with E-state index in [0.717, 1.165) is 30.4 Å². The first-order valence-corrected chi connectivity index (χ1v) is 12.6. The summed E-state index contributed by atoms with van der Waals surface area (Å²) in [7, 11) is 4.84. The van der Waals surface area contributed by atoms with Gasteiger partial charge in [-0.2, -0.15) is 0 Å². The average molecular weight is 531 g/mol. The van der Waals surface area contributed by atoms with Crippen LogP contribution in [0.5, 0.6) is 5.75 Å². The quantitative estimate of drug-likeness (QED) is 0.0757. The lowest BCUT2D eigenvalue weighted by atomic mass is 9.90. The fourth-order valence-corrected chi connectivity index (χ4v) is 5.14. The van der Waals surface area contributed by atoms with Crippen LogP contribution < -0.4 is 4.52 Å². The van der Waals surface area contributed by atoms with Crippen molar-refractivity contribution in [3.05, 3.63) is 53.6 Å². The molecule has 0 radical (unpaired) electrons. The summed E-state index contributed by atoms with van der Waals surface area (Å²) >= 11 is 6.65. The minimum absolute atomic E-state index is 0.0184. The first-order valence-electron chi connectivity index (χ1n) is 11.8. The number of benzene rings is 1. The van der Waals surface area contributed by atoms with E-state index in [1.165, 1.54) is 7.11 Å². The number of halogens is 1. The average Bonchev–Trinajstić information content (AvgIpc) is 3.14. The van der Waals surface area contributed by atoms with Crippen LogP contribution in [-0.2, 0) is 36.6 Å². The molecule has 0 aliphatic heterocycles. The van der Waals surface area contributed by atoms with Crippen LogP contribution >= 0.6 is 30.5 Å². The summed E-state index contributed by atoms with van der Waals surface area (Å²) in [4.78, 5) is 24.0. The third-order valence-electron chi connectivity index (χ3n) is 5.99. The second-order valence-electron chi connectivity index (χ2n) is 8.32. The Balaban J connectivity index is 2.01. The number of hydrogen-bond donors (Lipinski definition) is 0. The van der Waals surface area contributed by atoms with Gasteiger partial charge in [0.05, 0.1) is 30.6 Å². The number of carbonyl (C=O) groups is 2. The zero-order valence-electron chi connectivity index (χ0n) is 20.7. The topological polar surface area (TPSA) is 71.1 Å². The standard InChI is InChI=1S/C25H35ClO6P2/c1-29-16-18-13-17(9-12-23(18)31-33)14-19(27)10-11-21-20(22(26)15-24(21)32-34)7-5-3-4-6-8-25(28)30-2/h3,5,9-13,20-22,24H,4,6-8,14-16,33-34H2,1-2H3/b5-3-,11-10+/t20-,21-,22-,24-/m1/s1/i34T/t20-,21-,22-,24-,34?. The number of esters is 1. The minimum atomic E-state index is -0.385. The highest BCUT2D eigenvalue weighted by Gasteiger charge is 2.40. The lowest BCUT2D eigenvalue weighted by Gasteiger charge is -2.20. The highest BCUT2D eigenvalue weighted by Crippen LogP contribution is 2.41. The number of rotatable bonds is 15. The zero-order chi connectivity index (χ0) is 25.6. The molecule has 0 N–H and O–H groups in total. The van der Waals surface area contributed by atoms with E-state index in [2.05, 4.69) is 26.4 Å². The molecule has 1 fully saturated rings. The van der Waals surface area contributed by atoms with Gasteiger partial charge in [-0.1, -0.05) is 24.3 Å². The first-order chi connectivity index (χ1) is 16.9. The van der Waals surface area contributed by atoms with Gasteiger partial charge in [0.15, 0.2) is 5.78 Å². The van der Waals surface area contributed by atoms with Crippen molar-refractivity contribution >= 4 is 42.2 Å². The predicted molar refractivity (Wildman–Crippen MR) is 141 cm³/mol. The van der Waals surface area contributed by atoms with Crippen molar-refractivity contribution in [3.8, 4) is 5.75 Å². The zero-order valence-corrected chi connectivity index (χ0v) is 22.6. The van der Waals surface area contributed by atoms with Gasteiger partial charge in [-0.15, -0.1) is 11.6 Å². The Bertz CT molecular complexity index is 882. The summed E-state index contributed by atoms with van der Waals surface area (Å²) in [6, 6.07) is 5.62. The van der Waals surface area contributed by atoms with Crippen molar-refractivity contribution < 1.29 is 28.1 Å². The molecule has 2 unspecified atom stereocenters. The third kappa shape index (κ3) is 9.06. The fourth-order valence-electron chi connectivity index (χ4n) is 4.21. The smallest absolute Gasteiger partial charge is 0.305 e. The molecule has 1 aromatic rings. The largest absolute Gasteiger partial charge is 0.480 e. The van der Waals surface area contributed by atoms with Gasteiger partial charge < -0.3 is 18.5 Å². The number of unbranched alkanes of at least 4 members (excludes halogenated alkanes) is 1. The van der Waals surface area contributed by atoms with E-state index in [1.807, 2.05) is 24.3 Å². The van der Waals surface area contributed by atoms with Gasteiger partial charge in [-0.05, 0) is 55.4 Å². The minimum Gasteiger partial charge on any atom is -0.480 e. The number of ketones is 1. The van der Waals surface area contributed by atoms with Crippen molar-refractivity contribution in [1.29, 1.82) is 1.28 Å². The van der Waals surface area contributed by atoms with Crippen molar-refractivity contribution in [2.75, 3.05) is 14.2 Å². The van der Waals surface area contributed by atoms with Crippen LogP contribution in [0.15, 0.2) is 42.5 Å². The Morgan fingerprint density at radius 2 is 2.12 bits per heavy atom. The van der Waals surface area contributed by atoms with E-state index in [9.17, 15) is 9.59 Å². The highest BCUT2D eigenvalue weighted by molar-refractivity contribution is 7.10. The Labute approximate surface area is 213 Å².